The number of urea groups is 1. The number of hydrogen-bond acceptors (Lipinski definition) is 3. The van der Waals surface area contributed by atoms with Crippen molar-refractivity contribution in [2.45, 2.75) is 38.3 Å². The van der Waals surface area contributed by atoms with Crippen molar-refractivity contribution in [2.24, 2.45) is 5.92 Å². The quantitative estimate of drug-likeness (QED) is 0.709. The van der Waals surface area contributed by atoms with E-state index in [1.165, 1.54) is 4.90 Å². The Kier molecular flexibility index (Phi) is 3.75. The van der Waals surface area contributed by atoms with E-state index in [-0.39, 0.29) is 19.0 Å². The van der Waals surface area contributed by atoms with Crippen molar-refractivity contribution >= 4 is 12.0 Å². The second-order valence-electron chi connectivity index (χ2n) is 5.37. The number of β-amino-alcohol motifs (C(OH)–C–C–N with tert-alkyl or cyclic N) is 1. The van der Waals surface area contributed by atoms with Crippen molar-refractivity contribution < 1.29 is 19.8 Å². The molecular weight excluding hydrogens is 236 g/mol. The maximum absolute atomic E-state index is 12.3. The number of carbonyl (C=O) groups is 2. The molecule has 0 aromatic heterocycles. The highest BCUT2D eigenvalue weighted by Gasteiger charge is 2.41. The standard InChI is InChI=1S/C12H20N2O4/c1-8-3-2-4-13(6-8)12(18)14-7-9(15)5-10(14)11(16)17/h8-10,15H,2-7H2,1H3,(H,16,17)/t8?,9-,10+/m1/s1. The summed E-state index contributed by atoms with van der Waals surface area (Å²) in [6.07, 6.45) is 1.47. The number of nitrogens with zero attached hydrogens (tertiary/aromatic N) is 2. The van der Waals surface area contributed by atoms with E-state index < -0.39 is 18.1 Å². The van der Waals surface area contributed by atoms with Gasteiger partial charge in [0.2, 0.25) is 0 Å². The average Bonchev–Trinajstić information content (AvgIpc) is 2.70. The number of likely N-dealkylation sites (tertiary alicyclic amines) is 2. The lowest BCUT2D eigenvalue weighted by Crippen LogP contribution is -2.50. The van der Waals surface area contributed by atoms with Crippen LogP contribution in [0, 0.1) is 5.92 Å². The number of aliphatic carboxylic acids is 1. The van der Waals surface area contributed by atoms with Gasteiger partial charge in [0.25, 0.3) is 0 Å². The molecule has 2 fully saturated rings. The van der Waals surface area contributed by atoms with E-state index in [1.807, 2.05) is 0 Å². The average molecular weight is 256 g/mol. The molecule has 0 bridgehead atoms. The van der Waals surface area contributed by atoms with Gasteiger partial charge in [-0.3, -0.25) is 0 Å². The van der Waals surface area contributed by atoms with Crippen LogP contribution in [0.2, 0.25) is 0 Å². The largest absolute Gasteiger partial charge is 0.480 e. The number of aliphatic hydroxyl groups excluding tert-OH is 1. The van der Waals surface area contributed by atoms with E-state index in [0.717, 1.165) is 12.8 Å². The molecule has 0 spiro atoms. The molecule has 0 aliphatic carbocycles. The summed E-state index contributed by atoms with van der Waals surface area (Å²) < 4.78 is 0. The first-order chi connectivity index (χ1) is 8.49. The van der Waals surface area contributed by atoms with Gasteiger partial charge in [0.15, 0.2) is 0 Å². The zero-order valence-electron chi connectivity index (χ0n) is 10.6. The van der Waals surface area contributed by atoms with E-state index in [1.54, 1.807) is 4.90 Å². The summed E-state index contributed by atoms with van der Waals surface area (Å²) >= 11 is 0. The van der Waals surface area contributed by atoms with Gasteiger partial charge in [0.1, 0.15) is 6.04 Å². The smallest absolute Gasteiger partial charge is 0.326 e. The van der Waals surface area contributed by atoms with Crippen LogP contribution in [-0.2, 0) is 4.79 Å². The third-order valence-corrected chi connectivity index (χ3v) is 3.74. The summed E-state index contributed by atoms with van der Waals surface area (Å²) in [7, 11) is 0. The number of hydrogen-bond donors (Lipinski definition) is 2. The van der Waals surface area contributed by atoms with Crippen molar-refractivity contribution in [3.05, 3.63) is 0 Å². The second kappa shape index (κ2) is 5.14. The molecule has 3 atom stereocenters. The van der Waals surface area contributed by atoms with Gasteiger partial charge in [0, 0.05) is 26.1 Å². The SMILES string of the molecule is CC1CCCN(C(=O)N2C[C@H](O)C[C@H]2C(=O)O)C1. The number of carboxylic acids is 1. The predicted octanol–water partition coefficient (Wildman–Crippen LogP) is 0.358. The summed E-state index contributed by atoms with van der Waals surface area (Å²) in [6.45, 7) is 3.58. The Balaban J connectivity index is 2.05. The lowest BCUT2D eigenvalue weighted by molar-refractivity contribution is -0.141. The molecule has 18 heavy (non-hydrogen) atoms. The Morgan fingerprint density at radius 3 is 2.61 bits per heavy atom. The molecule has 2 rings (SSSR count). The maximum atomic E-state index is 12.3. The van der Waals surface area contributed by atoms with Crippen molar-refractivity contribution in [1.82, 2.24) is 9.80 Å². The molecule has 0 radical (unpaired) electrons. The Morgan fingerprint density at radius 2 is 2.00 bits per heavy atom. The summed E-state index contributed by atoms with van der Waals surface area (Å²) in [5.74, 6) is -0.580. The van der Waals surface area contributed by atoms with Crippen LogP contribution in [0.5, 0.6) is 0 Å². The number of carbonyl (C=O) groups excluding carboxylic acids is 1. The number of carboxylic acid groups (broad SMARTS) is 1. The van der Waals surface area contributed by atoms with Crippen molar-refractivity contribution in [3.8, 4) is 0 Å². The van der Waals surface area contributed by atoms with Gasteiger partial charge in [0.05, 0.1) is 6.10 Å². The van der Waals surface area contributed by atoms with Crippen LogP contribution in [-0.4, -0.2) is 63.8 Å². The van der Waals surface area contributed by atoms with Crippen LogP contribution in [0.15, 0.2) is 0 Å². The number of amides is 2. The molecule has 2 heterocycles. The summed E-state index contributed by atoms with van der Waals surface area (Å²) in [4.78, 5) is 26.4. The first-order valence-corrected chi connectivity index (χ1v) is 6.45. The third-order valence-electron chi connectivity index (χ3n) is 3.74. The monoisotopic (exact) mass is 256 g/mol. The molecule has 6 nitrogen and oxygen atoms in total. The van der Waals surface area contributed by atoms with Gasteiger partial charge in [-0.1, -0.05) is 6.92 Å². The van der Waals surface area contributed by atoms with Crippen LogP contribution in [0.3, 0.4) is 0 Å². The molecule has 2 aliphatic heterocycles. The maximum Gasteiger partial charge on any atom is 0.326 e. The highest BCUT2D eigenvalue weighted by Crippen LogP contribution is 2.23. The lowest BCUT2D eigenvalue weighted by atomic mass is 10.0. The molecule has 0 aromatic rings. The van der Waals surface area contributed by atoms with Gasteiger partial charge < -0.3 is 20.0 Å². The van der Waals surface area contributed by atoms with Gasteiger partial charge in [-0.2, -0.15) is 0 Å². The Hall–Kier alpha value is -1.30. The van der Waals surface area contributed by atoms with Crippen LogP contribution >= 0.6 is 0 Å². The predicted molar refractivity (Wildman–Crippen MR) is 64.1 cm³/mol. The summed E-state index contributed by atoms with van der Waals surface area (Å²) in [6, 6.07) is -1.13. The highest BCUT2D eigenvalue weighted by molar-refractivity contribution is 5.83. The molecular formula is C12H20N2O4. The summed E-state index contributed by atoms with van der Waals surface area (Å²) in [5, 5.41) is 18.6. The molecule has 0 saturated carbocycles. The fraction of sp³-hybridized carbons (Fsp3) is 0.833. The van der Waals surface area contributed by atoms with Crippen molar-refractivity contribution in [2.75, 3.05) is 19.6 Å². The molecule has 2 aliphatic rings. The first kappa shape index (κ1) is 13.1. The van der Waals surface area contributed by atoms with Crippen LogP contribution < -0.4 is 0 Å². The summed E-state index contributed by atoms with van der Waals surface area (Å²) in [5.41, 5.74) is 0. The second-order valence-corrected chi connectivity index (χ2v) is 5.37. The highest BCUT2D eigenvalue weighted by atomic mass is 16.4. The van der Waals surface area contributed by atoms with Crippen LogP contribution in [0.25, 0.3) is 0 Å². The normalized spacial score (nSPS) is 32.7. The zero-order valence-corrected chi connectivity index (χ0v) is 10.6. The van der Waals surface area contributed by atoms with E-state index >= 15 is 0 Å². The van der Waals surface area contributed by atoms with Crippen molar-refractivity contribution in [3.63, 3.8) is 0 Å². The molecule has 102 valence electrons. The van der Waals surface area contributed by atoms with Gasteiger partial charge in [-0.05, 0) is 18.8 Å². The minimum Gasteiger partial charge on any atom is -0.480 e. The van der Waals surface area contributed by atoms with Gasteiger partial charge in [-0.25, -0.2) is 9.59 Å². The fourth-order valence-corrected chi connectivity index (χ4v) is 2.80. The fourth-order valence-electron chi connectivity index (χ4n) is 2.80. The topological polar surface area (TPSA) is 81.1 Å². The Labute approximate surface area is 106 Å². The molecule has 1 unspecified atom stereocenters. The van der Waals surface area contributed by atoms with E-state index in [4.69, 9.17) is 5.11 Å². The first-order valence-electron chi connectivity index (χ1n) is 6.45. The minimum absolute atomic E-state index is 0.126. The third kappa shape index (κ3) is 2.58. The number of rotatable bonds is 1. The van der Waals surface area contributed by atoms with E-state index in [0.29, 0.717) is 19.0 Å². The molecule has 2 amide bonds. The lowest BCUT2D eigenvalue weighted by Gasteiger charge is -2.35. The van der Waals surface area contributed by atoms with Crippen molar-refractivity contribution in [1.29, 1.82) is 0 Å². The van der Waals surface area contributed by atoms with Gasteiger partial charge in [-0.15, -0.1) is 0 Å². The van der Waals surface area contributed by atoms with E-state index in [9.17, 15) is 14.7 Å². The number of piperidine rings is 1. The zero-order chi connectivity index (χ0) is 13.3. The van der Waals surface area contributed by atoms with Crippen LogP contribution in [0.4, 0.5) is 4.79 Å². The van der Waals surface area contributed by atoms with E-state index in [2.05, 4.69) is 6.92 Å². The molecule has 2 N–H and O–H groups in total. The van der Waals surface area contributed by atoms with Crippen LogP contribution in [0.1, 0.15) is 26.2 Å². The minimum atomic E-state index is -1.04. The molecule has 0 aromatic carbocycles. The molecule has 2 saturated heterocycles. The number of aliphatic hydroxyl groups is 1. The van der Waals surface area contributed by atoms with Gasteiger partial charge >= 0.3 is 12.0 Å². The Bertz CT molecular complexity index is 347. The Morgan fingerprint density at radius 1 is 1.28 bits per heavy atom. The molecule has 6 heteroatoms.